The molecule has 0 radical (unpaired) electrons. The summed E-state index contributed by atoms with van der Waals surface area (Å²) < 4.78 is 0. The van der Waals surface area contributed by atoms with Crippen LogP contribution in [0.4, 0.5) is 0 Å². The van der Waals surface area contributed by atoms with Gasteiger partial charge in [-0.3, -0.25) is 4.79 Å². The number of imidazole rings is 1. The molecule has 18 heavy (non-hydrogen) atoms. The van der Waals surface area contributed by atoms with E-state index < -0.39 is 0 Å². The fourth-order valence-electron chi connectivity index (χ4n) is 2.37. The lowest BCUT2D eigenvalue weighted by Gasteiger charge is -2.15. The molecule has 2 heterocycles. The second-order valence-corrected chi connectivity index (χ2v) is 5.43. The van der Waals surface area contributed by atoms with Crippen molar-refractivity contribution in [1.82, 2.24) is 14.9 Å². The smallest absolute Gasteiger partial charge is 0.223 e. The third kappa shape index (κ3) is 2.22. The average molecular weight is 261 g/mol. The molecule has 5 heteroatoms. The molecular weight excluding hydrogens is 246 g/mol. The van der Waals surface area contributed by atoms with Crippen LogP contribution in [-0.2, 0) is 11.2 Å². The molecule has 1 fully saturated rings. The standard InChI is InChI=1S/C13H15N3OS/c17-13-6-10(18)7-16(13)4-3-9-1-2-11-12(5-9)15-8-14-11/h1-2,5,8,10,18H,3-4,6-7H2,(H,14,15). The lowest BCUT2D eigenvalue weighted by molar-refractivity contribution is -0.127. The van der Waals surface area contributed by atoms with E-state index in [1.807, 2.05) is 11.0 Å². The predicted octanol–water partition coefficient (Wildman–Crippen LogP) is 1.64. The summed E-state index contributed by atoms with van der Waals surface area (Å²) in [7, 11) is 0. The molecule has 0 saturated carbocycles. The number of hydrogen-bond donors (Lipinski definition) is 2. The molecule has 1 aliphatic heterocycles. The zero-order chi connectivity index (χ0) is 12.5. The van der Waals surface area contributed by atoms with Crippen molar-refractivity contribution < 1.29 is 4.79 Å². The van der Waals surface area contributed by atoms with E-state index in [0.29, 0.717) is 6.42 Å². The normalized spacial score (nSPS) is 19.9. The first-order valence-electron chi connectivity index (χ1n) is 6.10. The average Bonchev–Trinajstić information content (AvgIpc) is 2.92. The van der Waals surface area contributed by atoms with Crippen molar-refractivity contribution in [3.8, 4) is 0 Å². The predicted molar refractivity (Wildman–Crippen MR) is 73.8 cm³/mol. The molecular formula is C13H15N3OS. The lowest BCUT2D eigenvalue weighted by atomic mass is 10.1. The minimum Gasteiger partial charge on any atom is -0.345 e. The number of benzene rings is 1. The number of nitrogens with one attached hydrogen (secondary N) is 1. The van der Waals surface area contributed by atoms with Gasteiger partial charge in [-0.1, -0.05) is 6.07 Å². The highest BCUT2D eigenvalue weighted by Crippen LogP contribution is 2.17. The van der Waals surface area contributed by atoms with Crippen LogP contribution in [-0.4, -0.2) is 39.1 Å². The second-order valence-electron chi connectivity index (χ2n) is 4.70. The summed E-state index contributed by atoms with van der Waals surface area (Å²) in [6, 6.07) is 6.18. The minimum absolute atomic E-state index is 0.201. The fourth-order valence-corrected chi connectivity index (χ4v) is 2.72. The van der Waals surface area contributed by atoms with Crippen molar-refractivity contribution in [2.45, 2.75) is 18.1 Å². The monoisotopic (exact) mass is 261 g/mol. The molecule has 0 aliphatic carbocycles. The third-order valence-corrected chi connectivity index (χ3v) is 3.70. The van der Waals surface area contributed by atoms with Crippen molar-refractivity contribution in [2.24, 2.45) is 0 Å². The van der Waals surface area contributed by atoms with Gasteiger partial charge in [-0.05, 0) is 24.1 Å². The van der Waals surface area contributed by atoms with Gasteiger partial charge in [0.1, 0.15) is 0 Å². The molecule has 1 unspecified atom stereocenters. The van der Waals surface area contributed by atoms with Crippen LogP contribution in [0.15, 0.2) is 24.5 Å². The molecule has 1 aromatic carbocycles. The van der Waals surface area contributed by atoms with E-state index in [0.717, 1.165) is 30.5 Å². The number of aromatic amines is 1. The summed E-state index contributed by atoms with van der Waals surface area (Å²) in [6.07, 6.45) is 3.15. The van der Waals surface area contributed by atoms with Crippen LogP contribution >= 0.6 is 12.6 Å². The molecule has 1 amide bonds. The number of carbonyl (C=O) groups excluding carboxylic acids is 1. The van der Waals surface area contributed by atoms with E-state index in [9.17, 15) is 4.79 Å². The molecule has 0 bridgehead atoms. The zero-order valence-corrected chi connectivity index (χ0v) is 10.9. The number of nitrogens with zero attached hydrogens (tertiary/aromatic N) is 2. The van der Waals surface area contributed by atoms with Crippen molar-refractivity contribution in [2.75, 3.05) is 13.1 Å². The van der Waals surface area contributed by atoms with Crippen LogP contribution in [0.5, 0.6) is 0 Å². The summed E-state index contributed by atoms with van der Waals surface area (Å²) in [4.78, 5) is 20.8. The molecule has 1 atom stereocenters. The SMILES string of the molecule is O=C1CC(S)CN1CCc1ccc2nc[nH]c2c1. The van der Waals surface area contributed by atoms with Crippen LogP contribution in [0.25, 0.3) is 11.0 Å². The Kier molecular flexibility index (Phi) is 2.99. The summed E-state index contributed by atoms with van der Waals surface area (Å²) in [5.41, 5.74) is 3.25. The highest BCUT2D eigenvalue weighted by Gasteiger charge is 2.26. The first-order valence-corrected chi connectivity index (χ1v) is 6.62. The van der Waals surface area contributed by atoms with Crippen molar-refractivity contribution in [3.63, 3.8) is 0 Å². The number of likely N-dealkylation sites (tertiary alicyclic amines) is 1. The van der Waals surface area contributed by atoms with Gasteiger partial charge in [0.15, 0.2) is 0 Å². The number of thiol groups is 1. The van der Waals surface area contributed by atoms with Crippen LogP contribution in [0, 0.1) is 0 Å². The molecule has 3 rings (SSSR count). The van der Waals surface area contributed by atoms with E-state index in [1.165, 1.54) is 5.56 Å². The van der Waals surface area contributed by atoms with Gasteiger partial charge in [0.05, 0.1) is 17.4 Å². The summed E-state index contributed by atoms with van der Waals surface area (Å²) in [5.74, 6) is 0.220. The molecule has 1 aliphatic rings. The maximum Gasteiger partial charge on any atom is 0.223 e. The Morgan fingerprint density at radius 2 is 2.39 bits per heavy atom. The zero-order valence-electron chi connectivity index (χ0n) is 9.97. The Labute approximate surface area is 111 Å². The topological polar surface area (TPSA) is 49.0 Å². The Morgan fingerprint density at radius 3 is 3.17 bits per heavy atom. The highest BCUT2D eigenvalue weighted by atomic mass is 32.1. The van der Waals surface area contributed by atoms with Gasteiger partial charge in [0.25, 0.3) is 0 Å². The second kappa shape index (κ2) is 4.65. The molecule has 4 nitrogen and oxygen atoms in total. The molecule has 2 aromatic rings. The van der Waals surface area contributed by atoms with Crippen LogP contribution < -0.4 is 0 Å². The number of rotatable bonds is 3. The Balaban J connectivity index is 1.67. The van der Waals surface area contributed by atoms with Crippen LogP contribution in [0.3, 0.4) is 0 Å². The fraction of sp³-hybridized carbons (Fsp3) is 0.385. The number of hydrogen-bond acceptors (Lipinski definition) is 3. The number of H-pyrrole nitrogens is 1. The number of fused-ring (bicyclic) bond motifs is 1. The Hall–Kier alpha value is -1.49. The van der Waals surface area contributed by atoms with E-state index in [-0.39, 0.29) is 11.2 Å². The van der Waals surface area contributed by atoms with Crippen molar-refractivity contribution in [3.05, 3.63) is 30.1 Å². The van der Waals surface area contributed by atoms with Gasteiger partial charge in [-0.15, -0.1) is 0 Å². The van der Waals surface area contributed by atoms with E-state index in [4.69, 9.17) is 0 Å². The van der Waals surface area contributed by atoms with Crippen molar-refractivity contribution in [1.29, 1.82) is 0 Å². The van der Waals surface area contributed by atoms with Crippen LogP contribution in [0.2, 0.25) is 0 Å². The Morgan fingerprint density at radius 1 is 1.50 bits per heavy atom. The van der Waals surface area contributed by atoms with Gasteiger partial charge in [-0.2, -0.15) is 12.6 Å². The van der Waals surface area contributed by atoms with E-state index in [1.54, 1.807) is 6.33 Å². The summed E-state index contributed by atoms with van der Waals surface area (Å²) in [5, 5.41) is 0.201. The highest BCUT2D eigenvalue weighted by molar-refractivity contribution is 7.81. The van der Waals surface area contributed by atoms with Gasteiger partial charge < -0.3 is 9.88 Å². The van der Waals surface area contributed by atoms with Gasteiger partial charge in [0.2, 0.25) is 5.91 Å². The van der Waals surface area contributed by atoms with Gasteiger partial charge >= 0.3 is 0 Å². The lowest BCUT2D eigenvalue weighted by Crippen LogP contribution is -2.27. The minimum atomic E-state index is 0.201. The van der Waals surface area contributed by atoms with E-state index in [2.05, 4.69) is 34.7 Å². The Bertz CT molecular complexity index is 580. The molecule has 1 aromatic heterocycles. The van der Waals surface area contributed by atoms with Crippen molar-refractivity contribution >= 4 is 29.6 Å². The summed E-state index contributed by atoms with van der Waals surface area (Å²) >= 11 is 4.36. The maximum atomic E-state index is 11.6. The first kappa shape index (κ1) is 11.6. The van der Waals surface area contributed by atoms with Gasteiger partial charge in [0, 0.05) is 24.8 Å². The van der Waals surface area contributed by atoms with Gasteiger partial charge in [-0.25, -0.2) is 4.98 Å². The first-order chi connectivity index (χ1) is 8.72. The molecule has 94 valence electrons. The number of aromatic nitrogens is 2. The molecule has 1 N–H and O–H groups in total. The summed E-state index contributed by atoms with van der Waals surface area (Å²) in [6.45, 7) is 1.55. The van der Waals surface area contributed by atoms with E-state index >= 15 is 0 Å². The largest absolute Gasteiger partial charge is 0.345 e. The quantitative estimate of drug-likeness (QED) is 0.825. The number of carbonyl (C=O) groups is 1. The molecule has 1 saturated heterocycles. The molecule has 0 spiro atoms. The maximum absolute atomic E-state index is 11.6. The van der Waals surface area contributed by atoms with Crippen LogP contribution in [0.1, 0.15) is 12.0 Å². The third-order valence-electron chi connectivity index (χ3n) is 3.35. The number of amides is 1.